The standard InChI is InChI=1S/C22H19N5OS/c23-14-17-18(26-27(21(17)24)16-8-2-1-3-9-16)10-6-12-25-22(28)20-13-15-7-4-5-11-19(15)29-20/h1-5,7-9,11,13H,6,10,12,24H2,(H,25,28). The highest BCUT2D eigenvalue weighted by Gasteiger charge is 2.16. The highest BCUT2D eigenvalue weighted by atomic mass is 32.1. The molecule has 4 aromatic rings. The maximum absolute atomic E-state index is 12.4. The van der Waals surface area contributed by atoms with Gasteiger partial charge in [0.05, 0.1) is 16.3 Å². The van der Waals surface area contributed by atoms with Crippen LogP contribution in [0, 0.1) is 11.3 Å². The van der Waals surface area contributed by atoms with Crippen LogP contribution in [0.5, 0.6) is 0 Å². The number of hydrogen-bond donors (Lipinski definition) is 2. The molecular weight excluding hydrogens is 382 g/mol. The number of anilines is 1. The van der Waals surface area contributed by atoms with Crippen molar-refractivity contribution in [3.05, 3.63) is 76.8 Å². The number of benzene rings is 2. The number of nitrogen functional groups attached to an aromatic ring is 1. The van der Waals surface area contributed by atoms with E-state index in [0.717, 1.165) is 15.8 Å². The Bertz CT molecular complexity index is 1170. The first-order chi connectivity index (χ1) is 14.2. The van der Waals surface area contributed by atoms with Crippen molar-refractivity contribution in [2.24, 2.45) is 0 Å². The van der Waals surface area contributed by atoms with Crippen LogP contribution in [0.2, 0.25) is 0 Å². The van der Waals surface area contributed by atoms with Crippen LogP contribution in [0.1, 0.15) is 27.3 Å². The van der Waals surface area contributed by atoms with Crippen LogP contribution in [0.15, 0.2) is 60.7 Å². The van der Waals surface area contributed by atoms with Gasteiger partial charge in [-0.1, -0.05) is 36.4 Å². The zero-order valence-electron chi connectivity index (χ0n) is 15.6. The molecule has 0 aliphatic heterocycles. The van der Waals surface area contributed by atoms with Crippen molar-refractivity contribution in [1.82, 2.24) is 15.1 Å². The molecule has 0 atom stereocenters. The summed E-state index contributed by atoms with van der Waals surface area (Å²) in [5.74, 6) is 0.254. The number of carbonyl (C=O) groups excluding carboxylic acids is 1. The van der Waals surface area contributed by atoms with Crippen molar-refractivity contribution in [2.75, 3.05) is 12.3 Å². The fourth-order valence-electron chi connectivity index (χ4n) is 3.18. The SMILES string of the molecule is N#Cc1c(CCCNC(=O)c2cc3ccccc3s2)nn(-c2ccccc2)c1N. The lowest BCUT2D eigenvalue weighted by atomic mass is 10.1. The largest absolute Gasteiger partial charge is 0.382 e. The maximum atomic E-state index is 12.4. The van der Waals surface area contributed by atoms with E-state index in [1.807, 2.05) is 60.7 Å². The van der Waals surface area contributed by atoms with Gasteiger partial charge in [-0.25, -0.2) is 4.68 Å². The quantitative estimate of drug-likeness (QED) is 0.479. The molecule has 0 bridgehead atoms. The zero-order chi connectivity index (χ0) is 20.2. The Morgan fingerprint density at radius 2 is 1.93 bits per heavy atom. The van der Waals surface area contributed by atoms with Crippen molar-refractivity contribution in [2.45, 2.75) is 12.8 Å². The van der Waals surface area contributed by atoms with Crippen molar-refractivity contribution in [3.8, 4) is 11.8 Å². The summed E-state index contributed by atoms with van der Waals surface area (Å²) in [5.41, 5.74) is 7.97. The Kier molecular flexibility index (Phi) is 5.27. The molecule has 0 saturated heterocycles. The predicted octanol–water partition coefficient (Wildman–Crippen LogP) is 3.90. The summed E-state index contributed by atoms with van der Waals surface area (Å²) in [7, 11) is 0. The molecule has 1 amide bonds. The molecule has 2 aromatic carbocycles. The van der Waals surface area contributed by atoms with Crippen LogP contribution < -0.4 is 11.1 Å². The molecule has 0 unspecified atom stereocenters. The molecular formula is C22H19N5OS. The number of aromatic nitrogens is 2. The average Bonchev–Trinajstić information content (AvgIpc) is 3.32. The Hall–Kier alpha value is -3.63. The van der Waals surface area contributed by atoms with Crippen LogP contribution in [-0.2, 0) is 6.42 Å². The lowest BCUT2D eigenvalue weighted by molar-refractivity contribution is 0.0957. The summed E-state index contributed by atoms with van der Waals surface area (Å²) in [6.45, 7) is 0.496. The second kappa shape index (κ2) is 8.17. The van der Waals surface area contributed by atoms with Crippen LogP contribution in [-0.4, -0.2) is 22.2 Å². The molecule has 0 aliphatic carbocycles. The highest BCUT2D eigenvalue weighted by Crippen LogP contribution is 2.25. The number of carbonyl (C=O) groups is 1. The highest BCUT2D eigenvalue weighted by molar-refractivity contribution is 7.20. The minimum absolute atomic E-state index is 0.0824. The van der Waals surface area contributed by atoms with Gasteiger partial charge in [0, 0.05) is 11.2 Å². The van der Waals surface area contributed by atoms with E-state index in [1.165, 1.54) is 11.3 Å². The molecule has 6 nitrogen and oxygen atoms in total. The molecule has 0 spiro atoms. The molecule has 0 aliphatic rings. The van der Waals surface area contributed by atoms with Gasteiger partial charge < -0.3 is 11.1 Å². The molecule has 4 rings (SSSR count). The number of amides is 1. The minimum Gasteiger partial charge on any atom is -0.382 e. The van der Waals surface area contributed by atoms with Crippen molar-refractivity contribution in [3.63, 3.8) is 0 Å². The molecule has 2 heterocycles. The molecule has 144 valence electrons. The smallest absolute Gasteiger partial charge is 0.261 e. The van der Waals surface area contributed by atoms with E-state index in [1.54, 1.807) is 4.68 Å². The molecule has 0 radical (unpaired) electrons. The van der Waals surface area contributed by atoms with Gasteiger partial charge in [0.1, 0.15) is 17.5 Å². The van der Waals surface area contributed by atoms with Crippen LogP contribution in [0.4, 0.5) is 5.82 Å². The number of hydrogen-bond acceptors (Lipinski definition) is 5. The topological polar surface area (TPSA) is 96.7 Å². The molecule has 0 fully saturated rings. The number of fused-ring (bicyclic) bond motifs is 1. The molecule has 7 heteroatoms. The Morgan fingerprint density at radius 1 is 1.17 bits per heavy atom. The second-order valence-corrected chi connectivity index (χ2v) is 7.66. The summed E-state index contributed by atoms with van der Waals surface area (Å²) in [4.78, 5) is 13.1. The van der Waals surface area contributed by atoms with Gasteiger partial charge in [-0.15, -0.1) is 11.3 Å². The molecule has 3 N–H and O–H groups in total. The Morgan fingerprint density at radius 3 is 2.69 bits per heavy atom. The van der Waals surface area contributed by atoms with Gasteiger partial charge in [-0.2, -0.15) is 10.4 Å². The lowest BCUT2D eigenvalue weighted by Gasteiger charge is -2.03. The number of aryl methyl sites for hydroxylation is 1. The zero-order valence-corrected chi connectivity index (χ0v) is 16.4. The van der Waals surface area contributed by atoms with E-state index < -0.39 is 0 Å². The monoisotopic (exact) mass is 401 g/mol. The third kappa shape index (κ3) is 3.84. The van der Waals surface area contributed by atoms with Gasteiger partial charge in [0.2, 0.25) is 0 Å². The number of nitrogens with two attached hydrogens (primary N) is 1. The van der Waals surface area contributed by atoms with Crippen molar-refractivity contribution >= 4 is 33.1 Å². The first kappa shape index (κ1) is 18.7. The third-order valence-corrected chi connectivity index (χ3v) is 5.75. The first-order valence-electron chi connectivity index (χ1n) is 9.27. The van der Waals surface area contributed by atoms with Gasteiger partial charge in [0.25, 0.3) is 5.91 Å². The van der Waals surface area contributed by atoms with E-state index >= 15 is 0 Å². The number of rotatable bonds is 6. The molecule has 2 aromatic heterocycles. The fraction of sp³-hybridized carbons (Fsp3) is 0.136. The number of para-hydroxylation sites is 1. The number of thiophene rings is 1. The average molecular weight is 401 g/mol. The summed E-state index contributed by atoms with van der Waals surface area (Å²) in [6, 6.07) is 21.5. The summed E-state index contributed by atoms with van der Waals surface area (Å²) < 4.78 is 2.68. The van der Waals surface area contributed by atoms with Gasteiger partial charge in [-0.3, -0.25) is 4.79 Å². The fourth-order valence-corrected chi connectivity index (χ4v) is 4.16. The lowest BCUT2D eigenvalue weighted by Crippen LogP contribution is -2.23. The first-order valence-corrected chi connectivity index (χ1v) is 10.1. The second-order valence-electron chi connectivity index (χ2n) is 6.57. The third-order valence-electron chi connectivity index (χ3n) is 4.63. The normalized spacial score (nSPS) is 10.7. The molecule has 29 heavy (non-hydrogen) atoms. The summed E-state index contributed by atoms with van der Waals surface area (Å²) in [5, 5.41) is 18.0. The van der Waals surface area contributed by atoms with E-state index in [2.05, 4.69) is 16.5 Å². The number of nitrogens with zero attached hydrogens (tertiary/aromatic N) is 3. The number of nitrogens with one attached hydrogen (secondary N) is 1. The molecule has 0 saturated carbocycles. The Labute approximate surface area is 172 Å². The van der Waals surface area contributed by atoms with E-state index in [-0.39, 0.29) is 5.91 Å². The van der Waals surface area contributed by atoms with Crippen molar-refractivity contribution in [1.29, 1.82) is 5.26 Å². The van der Waals surface area contributed by atoms with E-state index in [9.17, 15) is 10.1 Å². The van der Waals surface area contributed by atoms with Crippen molar-refractivity contribution < 1.29 is 4.79 Å². The van der Waals surface area contributed by atoms with Gasteiger partial charge >= 0.3 is 0 Å². The van der Waals surface area contributed by atoms with E-state index in [4.69, 9.17) is 5.73 Å². The maximum Gasteiger partial charge on any atom is 0.261 e. The van der Waals surface area contributed by atoms with Crippen LogP contribution >= 0.6 is 11.3 Å². The Balaban J connectivity index is 1.39. The van der Waals surface area contributed by atoms with Gasteiger partial charge in [-0.05, 0) is 42.5 Å². The summed E-state index contributed by atoms with van der Waals surface area (Å²) >= 11 is 1.48. The summed E-state index contributed by atoms with van der Waals surface area (Å²) in [6.07, 6.45) is 1.22. The van der Waals surface area contributed by atoms with E-state index in [0.29, 0.717) is 41.3 Å². The van der Waals surface area contributed by atoms with Gasteiger partial charge in [0.15, 0.2) is 0 Å². The predicted molar refractivity (Wildman–Crippen MR) is 115 cm³/mol. The van der Waals surface area contributed by atoms with Crippen LogP contribution in [0.25, 0.3) is 15.8 Å². The minimum atomic E-state index is -0.0824. The van der Waals surface area contributed by atoms with Crippen LogP contribution in [0.3, 0.4) is 0 Å². The number of nitriles is 1.